The van der Waals surface area contributed by atoms with Crippen LogP contribution >= 0.6 is 0 Å². The van der Waals surface area contributed by atoms with Gasteiger partial charge < -0.3 is 9.41 Å². The molecule has 3 nitrogen and oxygen atoms in total. The molecule has 148 valence electrons. The zero-order chi connectivity index (χ0) is 20.4. The van der Waals surface area contributed by atoms with Gasteiger partial charge in [0.15, 0.2) is 0 Å². The summed E-state index contributed by atoms with van der Waals surface area (Å²) in [6, 6.07) is 9.93. The predicted molar refractivity (Wildman–Crippen MR) is 118 cm³/mol. The van der Waals surface area contributed by atoms with Gasteiger partial charge in [0.05, 0.1) is 0 Å². The van der Waals surface area contributed by atoms with E-state index in [1.807, 2.05) is 18.2 Å². The Hall–Kier alpha value is -0.916. The van der Waals surface area contributed by atoms with Crippen LogP contribution < -0.4 is 4.98 Å². The van der Waals surface area contributed by atoms with E-state index in [2.05, 4.69) is 84.8 Å². The number of carbonyl (C=O) groups excluding carboxylic acids is 1. The van der Waals surface area contributed by atoms with Crippen molar-refractivity contribution in [3.63, 3.8) is 0 Å². The molecular weight excluding hydrogens is 354 g/mol. The Bertz CT molecular complexity index is 599. The molecule has 1 rings (SSSR count). The first-order chi connectivity index (χ1) is 11.6. The highest BCUT2D eigenvalue weighted by atomic mass is 28.4. The number of nitrogens with one attached hydrogen (secondary N) is 1. The molecule has 1 aromatic rings. The van der Waals surface area contributed by atoms with E-state index < -0.39 is 16.6 Å². The number of benzene rings is 1. The topological polar surface area (TPSA) is 38.3 Å². The van der Waals surface area contributed by atoms with Crippen molar-refractivity contribution in [2.75, 3.05) is 0 Å². The lowest BCUT2D eigenvalue weighted by Crippen LogP contribution is -2.60. The molecule has 0 saturated carbocycles. The van der Waals surface area contributed by atoms with Crippen LogP contribution in [0.2, 0.25) is 36.3 Å². The van der Waals surface area contributed by atoms with E-state index in [0.717, 1.165) is 5.56 Å². The van der Waals surface area contributed by atoms with Gasteiger partial charge in [0.25, 0.3) is 8.32 Å². The minimum atomic E-state index is -2.14. The van der Waals surface area contributed by atoms with Crippen molar-refractivity contribution in [3.05, 3.63) is 35.9 Å². The van der Waals surface area contributed by atoms with Crippen LogP contribution in [-0.2, 0) is 15.6 Å². The molecule has 1 atom stereocenters. The lowest BCUT2D eigenvalue weighted by molar-refractivity contribution is -0.137. The lowest BCUT2D eigenvalue weighted by Gasteiger charge is -2.41. The molecule has 0 fully saturated rings. The molecule has 0 unspecified atom stereocenters. The summed E-state index contributed by atoms with van der Waals surface area (Å²) in [6.45, 7) is 22.1. The minimum Gasteiger partial charge on any atom is -0.518 e. The first kappa shape index (κ1) is 23.1. The van der Waals surface area contributed by atoms with Crippen LogP contribution in [0.3, 0.4) is 0 Å². The third-order valence-corrected chi connectivity index (χ3v) is 15.3. The van der Waals surface area contributed by atoms with E-state index in [4.69, 9.17) is 4.43 Å². The average Bonchev–Trinajstić information content (AvgIpc) is 2.44. The van der Waals surface area contributed by atoms with Crippen LogP contribution in [0.25, 0.3) is 0 Å². The zero-order valence-corrected chi connectivity index (χ0v) is 20.5. The molecule has 0 aliphatic rings. The molecule has 26 heavy (non-hydrogen) atoms. The number of hydrogen-bond donors (Lipinski definition) is 1. The standard InChI is InChI=1S/C21H39NO2Si2/c1-20(2,3)25(7,8)22-18(16-17-14-12-11-13-15-17)19(23)24-26(9,10)21(4,5)6/h11-15,18,22H,16H2,1-10H3/t18-/m0/s1. The Morgan fingerprint density at radius 2 is 1.46 bits per heavy atom. The van der Waals surface area contributed by atoms with E-state index in [9.17, 15) is 4.79 Å². The Labute approximate surface area is 163 Å². The SMILES string of the molecule is CC(C)(C)[Si](C)(C)N[C@@H](Cc1ccccc1)C(=O)O[Si](C)(C)C(C)(C)C. The minimum absolute atomic E-state index is 0.0108. The Kier molecular flexibility index (Phi) is 7.10. The predicted octanol–water partition coefficient (Wildman–Crippen LogP) is 5.74. The lowest BCUT2D eigenvalue weighted by atomic mass is 10.1. The Morgan fingerprint density at radius 1 is 0.962 bits per heavy atom. The summed E-state index contributed by atoms with van der Waals surface area (Å²) in [5, 5.41) is 0.163. The number of carbonyl (C=O) groups is 1. The third kappa shape index (κ3) is 6.06. The van der Waals surface area contributed by atoms with Gasteiger partial charge >= 0.3 is 5.97 Å². The van der Waals surface area contributed by atoms with Gasteiger partial charge in [-0.1, -0.05) is 85.0 Å². The van der Waals surface area contributed by atoms with Gasteiger partial charge in [-0.05, 0) is 35.2 Å². The molecule has 0 amide bonds. The van der Waals surface area contributed by atoms with E-state index in [-0.39, 0.29) is 22.1 Å². The summed E-state index contributed by atoms with van der Waals surface area (Å²) in [6.07, 6.45) is 0.667. The van der Waals surface area contributed by atoms with Crippen LogP contribution in [-0.4, -0.2) is 28.6 Å². The highest BCUT2D eigenvalue weighted by molar-refractivity contribution is 6.78. The van der Waals surface area contributed by atoms with Gasteiger partial charge in [0, 0.05) is 0 Å². The van der Waals surface area contributed by atoms with Crippen LogP contribution in [0.1, 0.15) is 47.1 Å². The summed E-state index contributed by atoms with van der Waals surface area (Å²) < 4.78 is 6.15. The van der Waals surface area contributed by atoms with Crippen molar-refractivity contribution in [3.8, 4) is 0 Å². The van der Waals surface area contributed by atoms with Crippen LogP contribution in [0.4, 0.5) is 0 Å². The zero-order valence-electron chi connectivity index (χ0n) is 18.5. The Balaban J connectivity index is 3.09. The molecule has 1 N–H and O–H groups in total. The maximum atomic E-state index is 13.2. The van der Waals surface area contributed by atoms with Gasteiger partial charge in [0.1, 0.15) is 14.3 Å². The highest BCUT2D eigenvalue weighted by Gasteiger charge is 2.44. The van der Waals surface area contributed by atoms with Gasteiger partial charge in [-0.3, -0.25) is 4.79 Å². The Morgan fingerprint density at radius 3 is 1.88 bits per heavy atom. The van der Waals surface area contributed by atoms with Crippen molar-refractivity contribution in [1.82, 2.24) is 4.98 Å². The van der Waals surface area contributed by atoms with Gasteiger partial charge in [-0.15, -0.1) is 0 Å². The summed E-state index contributed by atoms with van der Waals surface area (Å²) in [7, 11) is -3.98. The highest BCUT2D eigenvalue weighted by Crippen LogP contribution is 2.37. The van der Waals surface area contributed by atoms with Gasteiger partial charge in [0.2, 0.25) is 0 Å². The molecule has 0 radical (unpaired) electrons. The summed E-state index contributed by atoms with van der Waals surface area (Å²) >= 11 is 0. The maximum absolute atomic E-state index is 13.2. The molecule has 0 aliphatic heterocycles. The fourth-order valence-electron chi connectivity index (χ4n) is 2.17. The van der Waals surface area contributed by atoms with Gasteiger partial charge in [-0.2, -0.15) is 0 Å². The maximum Gasteiger partial charge on any atom is 0.309 e. The molecule has 0 spiro atoms. The number of hydrogen-bond acceptors (Lipinski definition) is 3. The van der Waals surface area contributed by atoms with Crippen molar-refractivity contribution in [1.29, 1.82) is 0 Å². The van der Waals surface area contributed by atoms with Crippen molar-refractivity contribution in [2.24, 2.45) is 0 Å². The second-order valence-corrected chi connectivity index (χ2v) is 20.2. The fraction of sp³-hybridized carbons (Fsp3) is 0.667. The first-order valence-electron chi connectivity index (χ1n) is 9.61. The van der Waals surface area contributed by atoms with Crippen molar-refractivity contribution < 1.29 is 9.22 Å². The normalized spacial score (nSPS) is 14.8. The quantitative estimate of drug-likeness (QED) is 0.626. The third-order valence-electron chi connectivity index (χ3n) is 6.14. The second-order valence-electron chi connectivity index (χ2n) is 10.4. The molecule has 0 heterocycles. The number of rotatable bonds is 6. The second kappa shape index (κ2) is 7.99. The van der Waals surface area contributed by atoms with Crippen LogP contribution in [0.5, 0.6) is 0 Å². The van der Waals surface area contributed by atoms with E-state index in [0.29, 0.717) is 6.42 Å². The molecule has 0 saturated heterocycles. The van der Waals surface area contributed by atoms with E-state index >= 15 is 0 Å². The van der Waals surface area contributed by atoms with Gasteiger partial charge in [-0.25, -0.2) is 0 Å². The van der Waals surface area contributed by atoms with Crippen LogP contribution in [0, 0.1) is 0 Å². The van der Waals surface area contributed by atoms with Crippen molar-refractivity contribution >= 4 is 22.5 Å². The van der Waals surface area contributed by atoms with E-state index in [1.54, 1.807) is 0 Å². The van der Waals surface area contributed by atoms with Crippen molar-refractivity contribution in [2.45, 2.75) is 90.3 Å². The largest absolute Gasteiger partial charge is 0.518 e. The monoisotopic (exact) mass is 393 g/mol. The fourth-order valence-corrected chi connectivity index (χ4v) is 4.65. The first-order valence-corrected chi connectivity index (χ1v) is 15.5. The van der Waals surface area contributed by atoms with Crippen LogP contribution in [0.15, 0.2) is 30.3 Å². The molecule has 0 bridgehead atoms. The molecular formula is C21H39NO2Si2. The molecule has 5 heteroatoms. The molecule has 0 aromatic heterocycles. The smallest absolute Gasteiger partial charge is 0.309 e. The average molecular weight is 394 g/mol. The molecule has 1 aromatic carbocycles. The summed E-state index contributed by atoms with van der Waals surface area (Å²) in [5.41, 5.74) is 1.16. The summed E-state index contributed by atoms with van der Waals surface area (Å²) in [4.78, 5) is 16.9. The van der Waals surface area contributed by atoms with E-state index in [1.165, 1.54) is 0 Å². The summed E-state index contributed by atoms with van der Waals surface area (Å²) in [5.74, 6) is -0.0923. The molecule has 0 aliphatic carbocycles.